The Hall–Kier alpha value is -3.38. The Balaban J connectivity index is 0.00000225. The maximum absolute atomic E-state index is 13.9. The van der Waals surface area contributed by atoms with Crippen LogP contribution in [0.25, 0.3) is 22.4 Å². The van der Waals surface area contributed by atoms with Crippen LogP contribution in [0.5, 0.6) is 5.75 Å². The number of amides is 1. The topological polar surface area (TPSA) is 67.0 Å². The summed E-state index contributed by atoms with van der Waals surface area (Å²) in [4.78, 5) is 20.3. The van der Waals surface area contributed by atoms with Crippen molar-refractivity contribution in [2.45, 2.75) is 0 Å². The summed E-state index contributed by atoms with van der Waals surface area (Å²) in [5, 5.41) is 2.72. The van der Waals surface area contributed by atoms with Crippen LogP contribution >= 0.6 is 12.4 Å². The highest BCUT2D eigenvalue weighted by Gasteiger charge is 2.15. The molecule has 0 spiro atoms. The summed E-state index contributed by atoms with van der Waals surface area (Å²) in [5.41, 5.74) is 2.94. The highest BCUT2D eigenvalue weighted by atomic mass is 35.5. The molecule has 1 heterocycles. The number of aromatic amines is 1. The van der Waals surface area contributed by atoms with Crippen molar-refractivity contribution in [2.75, 3.05) is 12.4 Å². The third kappa shape index (κ3) is 3.68. The molecule has 4 rings (SSSR count). The summed E-state index contributed by atoms with van der Waals surface area (Å²) in [7, 11) is 1.51. The van der Waals surface area contributed by atoms with Gasteiger partial charge >= 0.3 is 0 Å². The van der Waals surface area contributed by atoms with Crippen molar-refractivity contribution in [3.63, 3.8) is 0 Å². The predicted molar refractivity (Wildman–Crippen MR) is 110 cm³/mol. The highest BCUT2D eigenvalue weighted by molar-refractivity contribution is 6.05. The summed E-state index contributed by atoms with van der Waals surface area (Å²) in [6, 6.07) is 18.9. The zero-order chi connectivity index (χ0) is 18.8. The van der Waals surface area contributed by atoms with Gasteiger partial charge in [0.2, 0.25) is 0 Å². The first-order valence-corrected chi connectivity index (χ1v) is 8.35. The van der Waals surface area contributed by atoms with Gasteiger partial charge < -0.3 is 15.0 Å². The molecule has 0 unspecified atom stereocenters. The number of H-pyrrole nitrogens is 1. The second-order valence-corrected chi connectivity index (χ2v) is 5.95. The molecule has 4 aromatic rings. The maximum atomic E-state index is 13.9. The van der Waals surface area contributed by atoms with Gasteiger partial charge in [0.05, 0.1) is 29.4 Å². The molecule has 1 aromatic heterocycles. The molecule has 0 fully saturated rings. The van der Waals surface area contributed by atoms with Crippen LogP contribution < -0.4 is 10.1 Å². The number of carbonyl (C=O) groups is 1. The number of methoxy groups -OCH3 is 1. The van der Waals surface area contributed by atoms with Crippen molar-refractivity contribution in [2.24, 2.45) is 0 Å². The minimum Gasteiger partial charge on any atom is -0.495 e. The lowest BCUT2D eigenvalue weighted by Crippen LogP contribution is -2.14. The lowest BCUT2D eigenvalue weighted by atomic mass is 10.1. The van der Waals surface area contributed by atoms with Crippen LogP contribution in [0.1, 0.15) is 10.4 Å². The number of para-hydroxylation sites is 2. The number of hydrogen-bond donors (Lipinski definition) is 2. The van der Waals surface area contributed by atoms with E-state index in [1.165, 1.54) is 25.3 Å². The average molecular weight is 398 g/mol. The van der Waals surface area contributed by atoms with E-state index in [0.29, 0.717) is 17.3 Å². The SMILES string of the molecule is COc1ccc(-c2nc3ccccc3[nH]2)cc1NC(=O)c1ccccc1F.Cl. The van der Waals surface area contributed by atoms with E-state index in [9.17, 15) is 9.18 Å². The maximum Gasteiger partial charge on any atom is 0.258 e. The molecule has 0 aliphatic carbocycles. The van der Waals surface area contributed by atoms with E-state index in [1.54, 1.807) is 18.2 Å². The summed E-state index contributed by atoms with van der Waals surface area (Å²) in [6.45, 7) is 0. The van der Waals surface area contributed by atoms with Crippen LogP contribution in [0.3, 0.4) is 0 Å². The van der Waals surface area contributed by atoms with Crippen molar-refractivity contribution in [1.29, 1.82) is 0 Å². The van der Waals surface area contributed by atoms with Gasteiger partial charge in [-0.1, -0.05) is 24.3 Å². The quantitative estimate of drug-likeness (QED) is 0.506. The number of rotatable bonds is 4. The first-order valence-electron chi connectivity index (χ1n) is 8.35. The predicted octanol–water partition coefficient (Wildman–Crippen LogP) is 5.05. The smallest absolute Gasteiger partial charge is 0.258 e. The zero-order valence-corrected chi connectivity index (χ0v) is 15.7. The van der Waals surface area contributed by atoms with E-state index in [0.717, 1.165) is 16.6 Å². The lowest BCUT2D eigenvalue weighted by Gasteiger charge is -2.12. The third-order valence-corrected chi connectivity index (χ3v) is 4.23. The van der Waals surface area contributed by atoms with Gasteiger partial charge in [0.25, 0.3) is 5.91 Å². The monoisotopic (exact) mass is 397 g/mol. The molecule has 1 amide bonds. The number of nitrogens with one attached hydrogen (secondary N) is 2. The summed E-state index contributed by atoms with van der Waals surface area (Å²) in [5.74, 6) is 0.00959. The summed E-state index contributed by atoms with van der Waals surface area (Å²) in [6.07, 6.45) is 0. The van der Waals surface area contributed by atoms with Crippen molar-refractivity contribution in [3.05, 3.63) is 78.1 Å². The van der Waals surface area contributed by atoms with Gasteiger partial charge in [0.15, 0.2) is 0 Å². The largest absolute Gasteiger partial charge is 0.495 e. The van der Waals surface area contributed by atoms with Gasteiger partial charge in [-0.2, -0.15) is 0 Å². The fourth-order valence-electron chi connectivity index (χ4n) is 2.88. The number of carbonyl (C=O) groups excluding carboxylic acids is 1. The Morgan fingerprint density at radius 2 is 1.82 bits per heavy atom. The fraction of sp³-hybridized carbons (Fsp3) is 0.0476. The van der Waals surface area contributed by atoms with Gasteiger partial charge in [0, 0.05) is 5.56 Å². The number of nitrogens with zero attached hydrogens (tertiary/aromatic N) is 1. The number of halogens is 2. The number of anilines is 1. The molecule has 0 saturated carbocycles. The molecule has 0 aliphatic heterocycles. The van der Waals surface area contributed by atoms with Crippen LogP contribution in [-0.2, 0) is 0 Å². The fourth-order valence-corrected chi connectivity index (χ4v) is 2.88. The van der Waals surface area contributed by atoms with Crippen LogP contribution in [0, 0.1) is 5.82 Å². The van der Waals surface area contributed by atoms with E-state index < -0.39 is 11.7 Å². The summed E-state index contributed by atoms with van der Waals surface area (Å²) < 4.78 is 19.2. The van der Waals surface area contributed by atoms with E-state index in [-0.39, 0.29) is 18.0 Å². The third-order valence-electron chi connectivity index (χ3n) is 4.23. The second kappa shape index (κ2) is 8.10. The first kappa shape index (κ1) is 19.4. The molecule has 0 atom stereocenters. The number of hydrogen-bond acceptors (Lipinski definition) is 3. The van der Waals surface area contributed by atoms with Gasteiger partial charge in [-0.15, -0.1) is 12.4 Å². The number of ether oxygens (including phenoxy) is 1. The summed E-state index contributed by atoms with van der Waals surface area (Å²) >= 11 is 0. The molecule has 28 heavy (non-hydrogen) atoms. The van der Waals surface area contributed by atoms with Crippen LogP contribution in [0.2, 0.25) is 0 Å². The number of fused-ring (bicyclic) bond motifs is 1. The van der Waals surface area contributed by atoms with E-state index in [4.69, 9.17) is 4.74 Å². The molecule has 0 aliphatic rings. The first-order chi connectivity index (χ1) is 13.2. The van der Waals surface area contributed by atoms with Gasteiger partial charge in [-0.25, -0.2) is 9.37 Å². The van der Waals surface area contributed by atoms with Crippen LogP contribution in [-0.4, -0.2) is 23.0 Å². The Morgan fingerprint density at radius 3 is 2.57 bits per heavy atom. The highest BCUT2D eigenvalue weighted by Crippen LogP contribution is 2.31. The van der Waals surface area contributed by atoms with E-state index in [1.807, 2.05) is 30.3 Å². The molecular weight excluding hydrogens is 381 g/mol. The van der Waals surface area contributed by atoms with Crippen molar-refractivity contribution >= 4 is 35.0 Å². The van der Waals surface area contributed by atoms with E-state index >= 15 is 0 Å². The zero-order valence-electron chi connectivity index (χ0n) is 14.9. The number of aromatic nitrogens is 2. The number of benzene rings is 3. The molecule has 2 N–H and O–H groups in total. The van der Waals surface area contributed by atoms with Gasteiger partial charge in [0.1, 0.15) is 17.4 Å². The van der Waals surface area contributed by atoms with Crippen molar-refractivity contribution in [1.82, 2.24) is 9.97 Å². The lowest BCUT2D eigenvalue weighted by molar-refractivity contribution is 0.102. The second-order valence-electron chi connectivity index (χ2n) is 5.95. The standard InChI is InChI=1S/C21H16FN3O2.ClH/c1-27-19-11-10-13(20-23-16-8-4-5-9-17(16)24-20)12-18(19)25-21(26)14-6-2-3-7-15(14)22;/h2-12H,1H3,(H,23,24)(H,25,26);1H. The molecule has 5 nitrogen and oxygen atoms in total. The Kier molecular flexibility index (Phi) is 5.61. The molecule has 0 radical (unpaired) electrons. The average Bonchev–Trinajstić information content (AvgIpc) is 3.12. The molecule has 7 heteroatoms. The van der Waals surface area contributed by atoms with E-state index in [2.05, 4.69) is 15.3 Å². The van der Waals surface area contributed by atoms with Crippen LogP contribution in [0.4, 0.5) is 10.1 Å². The molecular formula is C21H17ClFN3O2. The Labute approximate surface area is 167 Å². The van der Waals surface area contributed by atoms with Gasteiger partial charge in [-0.05, 0) is 42.5 Å². The molecule has 0 saturated heterocycles. The van der Waals surface area contributed by atoms with Gasteiger partial charge in [-0.3, -0.25) is 4.79 Å². The number of imidazole rings is 1. The molecule has 3 aromatic carbocycles. The minimum atomic E-state index is -0.581. The Bertz CT molecular complexity index is 1110. The molecule has 0 bridgehead atoms. The van der Waals surface area contributed by atoms with Crippen LogP contribution in [0.15, 0.2) is 66.7 Å². The van der Waals surface area contributed by atoms with Crippen molar-refractivity contribution < 1.29 is 13.9 Å². The van der Waals surface area contributed by atoms with Crippen molar-refractivity contribution in [3.8, 4) is 17.1 Å². The Morgan fingerprint density at radius 1 is 1.07 bits per heavy atom. The normalized spacial score (nSPS) is 10.4. The molecule has 142 valence electrons. The minimum absolute atomic E-state index is 0.